The number of carbonyl (C=O) groups excluding carboxylic acids is 1. The highest BCUT2D eigenvalue weighted by Crippen LogP contribution is 2.14. The van der Waals surface area contributed by atoms with E-state index in [0.717, 1.165) is 5.39 Å². The normalized spacial score (nSPS) is 11.6. The molecule has 0 radical (unpaired) electrons. The zero-order valence-electron chi connectivity index (χ0n) is 12.6. The second-order valence-electron chi connectivity index (χ2n) is 5.91. The first-order valence-corrected chi connectivity index (χ1v) is 6.85. The van der Waals surface area contributed by atoms with Crippen LogP contribution in [-0.4, -0.2) is 16.1 Å². The molecule has 1 heterocycles. The first kappa shape index (κ1) is 15.3. The van der Waals surface area contributed by atoms with Gasteiger partial charge in [0, 0.05) is 12.1 Å². The van der Waals surface area contributed by atoms with Gasteiger partial charge >= 0.3 is 5.97 Å². The van der Waals surface area contributed by atoms with Gasteiger partial charge in [0.05, 0.1) is 5.52 Å². The van der Waals surface area contributed by atoms with Crippen LogP contribution in [0.3, 0.4) is 0 Å². The van der Waals surface area contributed by atoms with E-state index in [9.17, 15) is 9.59 Å². The molecule has 0 saturated heterocycles. The molecule has 0 aliphatic heterocycles. The summed E-state index contributed by atoms with van der Waals surface area (Å²) in [5.74, 6) is -0.441. The van der Waals surface area contributed by atoms with E-state index >= 15 is 0 Å². The fraction of sp³-hybridized carbons (Fsp3) is 0.375. The lowest BCUT2D eigenvalue weighted by molar-refractivity contribution is -0.155. The number of esters is 1. The second-order valence-corrected chi connectivity index (χ2v) is 5.91. The number of pyridine rings is 1. The summed E-state index contributed by atoms with van der Waals surface area (Å²) in [6, 6.07) is 9.17. The molecular formula is C16H20N2O3. The number of aromatic nitrogens is 1. The molecule has 112 valence electrons. The van der Waals surface area contributed by atoms with Crippen molar-refractivity contribution in [1.82, 2.24) is 4.57 Å². The van der Waals surface area contributed by atoms with E-state index in [1.807, 2.05) is 18.2 Å². The number of fused-ring (bicyclic) bond motifs is 1. The smallest absolute Gasteiger partial charge is 0.326 e. The van der Waals surface area contributed by atoms with Crippen molar-refractivity contribution in [1.29, 1.82) is 0 Å². The fourth-order valence-corrected chi connectivity index (χ4v) is 2.19. The summed E-state index contributed by atoms with van der Waals surface area (Å²) in [7, 11) is 0. The molecule has 0 bridgehead atoms. The summed E-state index contributed by atoms with van der Waals surface area (Å²) >= 11 is 0. The molecule has 0 atom stereocenters. The van der Waals surface area contributed by atoms with Gasteiger partial charge in [-0.2, -0.15) is 0 Å². The van der Waals surface area contributed by atoms with Crippen LogP contribution < -0.4 is 11.3 Å². The van der Waals surface area contributed by atoms with Crippen LogP contribution in [0.2, 0.25) is 0 Å². The molecule has 5 nitrogen and oxygen atoms in total. The molecule has 0 aliphatic carbocycles. The highest BCUT2D eigenvalue weighted by molar-refractivity contribution is 5.81. The van der Waals surface area contributed by atoms with Gasteiger partial charge in [-0.15, -0.1) is 0 Å². The minimum atomic E-state index is -0.581. The van der Waals surface area contributed by atoms with Crippen molar-refractivity contribution in [2.75, 3.05) is 0 Å². The highest BCUT2D eigenvalue weighted by Gasteiger charge is 2.18. The Balaban J connectivity index is 2.49. The van der Waals surface area contributed by atoms with Gasteiger partial charge in [0.1, 0.15) is 12.1 Å². The van der Waals surface area contributed by atoms with Crippen LogP contribution in [0.25, 0.3) is 10.9 Å². The number of hydrogen-bond donors (Lipinski definition) is 1. The summed E-state index contributed by atoms with van der Waals surface area (Å²) < 4.78 is 6.71. The number of rotatable bonds is 3. The summed E-state index contributed by atoms with van der Waals surface area (Å²) in [5.41, 5.74) is 5.97. The summed E-state index contributed by atoms with van der Waals surface area (Å²) in [4.78, 5) is 24.4. The first-order valence-electron chi connectivity index (χ1n) is 6.85. The summed E-state index contributed by atoms with van der Waals surface area (Å²) in [5, 5.41) is 0.876. The van der Waals surface area contributed by atoms with Crippen molar-refractivity contribution in [2.24, 2.45) is 5.73 Å². The molecule has 0 aliphatic rings. The maximum atomic E-state index is 12.4. The Morgan fingerprint density at radius 2 is 1.95 bits per heavy atom. The van der Waals surface area contributed by atoms with Gasteiger partial charge in [0.15, 0.2) is 0 Å². The lowest BCUT2D eigenvalue weighted by atomic mass is 10.1. The van der Waals surface area contributed by atoms with Gasteiger partial charge < -0.3 is 10.5 Å². The van der Waals surface area contributed by atoms with E-state index in [1.54, 1.807) is 32.9 Å². The number of ether oxygens (including phenoxy) is 1. The molecule has 0 fully saturated rings. The summed E-state index contributed by atoms with van der Waals surface area (Å²) in [6.07, 6.45) is 0. The number of benzene rings is 1. The third-order valence-corrected chi connectivity index (χ3v) is 3.00. The van der Waals surface area contributed by atoms with Gasteiger partial charge in [-0.25, -0.2) is 0 Å². The molecule has 21 heavy (non-hydrogen) atoms. The zero-order chi connectivity index (χ0) is 15.6. The van der Waals surface area contributed by atoms with E-state index in [-0.39, 0.29) is 18.6 Å². The van der Waals surface area contributed by atoms with Crippen LogP contribution in [0.5, 0.6) is 0 Å². The van der Waals surface area contributed by atoms with Crippen LogP contribution >= 0.6 is 0 Å². The molecule has 0 saturated carbocycles. The largest absolute Gasteiger partial charge is 0.459 e. The zero-order valence-corrected chi connectivity index (χ0v) is 12.6. The van der Waals surface area contributed by atoms with E-state index in [2.05, 4.69) is 0 Å². The number of nitrogens with zero attached hydrogens (tertiary/aromatic N) is 1. The molecule has 2 N–H and O–H groups in total. The van der Waals surface area contributed by atoms with Crippen molar-refractivity contribution < 1.29 is 9.53 Å². The molecule has 0 unspecified atom stereocenters. The van der Waals surface area contributed by atoms with Crippen molar-refractivity contribution in [3.8, 4) is 0 Å². The topological polar surface area (TPSA) is 74.3 Å². The van der Waals surface area contributed by atoms with E-state index in [4.69, 9.17) is 10.5 Å². The maximum Gasteiger partial charge on any atom is 0.326 e. The Morgan fingerprint density at radius 3 is 2.57 bits per heavy atom. The van der Waals surface area contributed by atoms with Crippen molar-refractivity contribution in [3.05, 3.63) is 46.2 Å². The number of carbonyl (C=O) groups is 1. The Labute approximate surface area is 123 Å². The van der Waals surface area contributed by atoms with Crippen LogP contribution in [0.4, 0.5) is 0 Å². The molecule has 2 rings (SSSR count). The van der Waals surface area contributed by atoms with Gasteiger partial charge in [-0.3, -0.25) is 14.2 Å². The van der Waals surface area contributed by atoms with E-state index < -0.39 is 11.6 Å². The predicted molar refractivity (Wildman–Crippen MR) is 81.9 cm³/mol. The Kier molecular flexibility index (Phi) is 4.14. The van der Waals surface area contributed by atoms with Gasteiger partial charge in [-0.1, -0.05) is 18.2 Å². The maximum absolute atomic E-state index is 12.4. The van der Waals surface area contributed by atoms with Crippen molar-refractivity contribution in [2.45, 2.75) is 39.5 Å². The molecule has 0 spiro atoms. The SMILES string of the molecule is CC(C)(C)OC(=O)Cn1c(=O)c(CN)cc2ccccc21. The number of hydrogen-bond acceptors (Lipinski definition) is 4. The van der Waals surface area contributed by atoms with E-state index in [0.29, 0.717) is 11.1 Å². The Bertz CT molecular complexity index is 726. The second kappa shape index (κ2) is 5.69. The molecule has 5 heteroatoms. The summed E-state index contributed by atoms with van der Waals surface area (Å²) in [6.45, 7) is 5.40. The third kappa shape index (κ3) is 3.49. The molecule has 1 aromatic heterocycles. The predicted octanol–water partition coefficient (Wildman–Crippen LogP) is 1.80. The van der Waals surface area contributed by atoms with Crippen molar-refractivity contribution in [3.63, 3.8) is 0 Å². The van der Waals surface area contributed by atoms with Crippen LogP contribution in [0.1, 0.15) is 26.3 Å². The fourth-order valence-electron chi connectivity index (χ4n) is 2.19. The van der Waals surface area contributed by atoms with Crippen LogP contribution in [0, 0.1) is 0 Å². The van der Waals surface area contributed by atoms with Gasteiger partial charge in [-0.05, 0) is 38.3 Å². The number of para-hydroxylation sites is 1. The van der Waals surface area contributed by atoms with Gasteiger partial charge in [0.25, 0.3) is 5.56 Å². The first-order chi connectivity index (χ1) is 9.81. The third-order valence-electron chi connectivity index (χ3n) is 3.00. The average Bonchev–Trinajstić information content (AvgIpc) is 2.39. The standard InChI is InChI=1S/C16H20N2O3/c1-16(2,3)21-14(19)10-18-13-7-5-4-6-11(13)8-12(9-17)15(18)20/h4-8H,9-10,17H2,1-3H3. The molecule has 1 aromatic carbocycles. The van der Waals surface area contributed by atoms with Gasteiger partial charge in [0.2, 0.25) is 0 Å². The Morgan fingerprint density at radius 1 is 1.29 bits per heavy atom. The van der Waals surface area contributed by atoms with Crippen molar-refractivity contribution >= 4 is 16.9 Å². The molecular weight excluding hydrogens is 268 g/mol. The quantitative estimate of drug-likeness (QED) is 0.874. The molecule has 2 aromatic rings. The monoisotopic (exact) mass is 288 g/mol. The van der Waals surface area contributed by atoms with Crippen LogP contribution in [0.15, 0.2) is 35.1 Å². The lowest BCUT2D eigenvalue weighted by Gasteiger charge is -2.20. The van der Waals surface area contributed by atoms with E-state index in [1.165, 1.54) is 4.57 Å². The number of nitrogens with two attached hydrogens (primary N) is 1. The molecule has 0 amide bonds. The lowest BCUT2D eigenvalue weighted by Crippen LogP contribution is -2.32. The van der Waals surface area contributed by atoms with Crippen LogP contribution in [-0.2, 0) is 22.6 Å². The highest BCUT2D eigenvalue weighted by atomic mass is 16.6. The minimum absolute atomic E-state index is 0.121. The minimum Gasteiger partial charge on any atom is -0.459 e. The Hall–Kier alpha value is -2.14. The average molecular weight is 288 g/mol.